The molecule has 0 aliphatic carbocycles. The lowest BCUT2D eigenvalue weighted by molar-refractivity contribution is 0.777. The van der Waals surface area contributed by atoms with Crippen LogP contribution in [0.4, 0.5) is 5.82 Å². The second-order valence-corrected chi connectivity index (χ2v) is 5.42. The van der Waals surface area contributed by atoms with Gasteiger partial charge in [0, 0.05) is 17.7 Å². The lowest BCUT2D eigenvalue weighted by atomic mass is 10.1. The first-order valence-electron chi connectivity index (χ1n) is 7.52. The molecule has 0 aliphatic rings. The summed E-state index contributed by atoms with van der Waals surface area (Å²) in [6, 6.07) is 13.5. The van der Waals surface area contributed by atoms with E-state index in [-0.39, 0.29) is 11.7 Å². The van der Waals surface area contributed by atoms with Gasteiger partial charge in [0.15, 0.2) is 11.5 Å². The van der Waals surface area contributed by atoms with Crippen molar-refractivity contribution in [2.24, 2.45) is 0 Å². The average molecular weight is 321 g/mol. The van der Waals surface area contributed by atoms with Crippen LogP contribution < -0.4 is 11.0 Å². The Kier molecular flexibility index (Phi) is 3.34. The number of nitrogens with zero attached hydrogens (tertiary/aromatic N) is 4. The van der Waals surface area contributed by atoms with Crippen LogP contribution in [0.5, 0.6) is 0 Å². The molecule has 0 bridgehead atoms. The third-order valence-electron chi connectivity index (χ3n) is 3.72. The Morgan fingerprint density at radius 2 is 2.04 bits per heavy atom. The van der Waals surface area contributed by atoms with Crippen molar-refractivity contribution in [3.8, 4) is 11.3 Å². The number of nitrogens with one attached hydrogen (secondary N) is 3. The Morgan fingerprint density at radius 1 is 1.21 bits per heavy atom. The molecule has 1 atom stereocenters. The minimum absolute atomic E-state index is 0.206. The van der Waals surface area contributed by atoms with Gasteiger partial charge in [-0.15, -0.1) is 0 Å². The topological polar surface area (TPSA) is 104 Å². The number of rotatable bonds is 4. The largest absolute Gasteiger partial charge is 0.360 e. The molecule has 0 unspecified atom stereocenters. The highest BCUT2D eigenvalue weighted by Gasteiger charge is 2.13. The van der Waals surface area contributed by atoms with Gasteiger partial charge in [0.05, 0.1) is 17.9 Å². The fourth-order valence-corrected chi connectivity index (χ4v) is 2.55. The van der Waals surface area contributed by atoms with Gasteiger partial charge < -0.3 is 5.32 Å². The molecule has 8 heteroatoms. The molecular weight excluding hydrogens is 306 g/mol. The van der Waals surface area contributed by atoms with Crippen molar-refractivity contribution in [3.63, 3.8) is 0 Å². The van der Waals surface area contributed by atoms with Crippen molar-refractivity contribution in [3.05, 3.63) is 65.0 Å². The Bertz CT molecular complexity index is 1030. The Morgan fingerprint density at radius 3 is 2.79 bits per heavy atom. The fraction of sp³-hybridized carbons (Fsp3) is 0.125. The van der Waals surface area contributed by atoms with Gasteiger partial charge in [0.2, 0.25) is 0 Å². The van der Waals surface area contributed by atoms with Crippen molar-refractivity contribution in [2.45, 2.75) is 13.0 Å². The molecule has 8 nitrogen and oxygen atoms in total. The van der Waals surface area contributed by atoms with E-state index in [9.17, 15) is 4.79 Å². The van der Waals surface area contributed by atoms with Crippen molar-refractivity contribution >= 4 is 11.5 Å². The van der Waals surface area contributed by atoms with E-state index in [1.54, 1.807) is 10.7 Å². The third kappa shape index (κ3) is 2.54. The summed E-state index contributed by atoms with van der Waals surface area (Å²) >= 11 is 0. The van der Waals surface area contributed by atoms with Crippen LogP contribution in [0.1, 0.15) is 18.8 Å². The number of fused-ring (bicyclic) bond motifs is 1. The summed E-state index contributed by atoms with van der Waals surface area (Å²) in [6.07, 6.45) is 1.70. The summed E-state index contributed by atoms with van der Waals surface area (Å²) in [6.45, 7) is 1.91. The number of anilines is 1. The molecule has 120 valence electrons. The smallest absolute Gasteiger partial charge is 0.340 e. The molecule has 3 aromatic heterocycles. The van der Waals surface area contributed by atoms with E-state index in [4.69, 9.17) is 0 Å². The van der Waals surface area contributed by atoms with Crippen LogP contribution in [0.15, 0.2) is 53.5 Å². The zero-order valence-electron chi connectivity index (χ0n) is 12.9. The number of aromatic amines is 2. The van der Waals surface area contributed by atoms with Crippen LogP contribution in [0.2, 0.25) is 0 Å². The van der Waals surface area contributed by atoms with Crippen molar-refractivity contribution < 1.29 is 0 Å². The van der Waals surface area contributed by atoms with Gasteiger partial charge in [-0.25, -0.2) is 14.9 Å². The van der Waals surface area contributed by atoms with E-state index < -0.39 is 0 Å². The van der Waals surface area contributed by atoms with Crippen LogP contribution in [0.25, 0.3) is 16.9 Å². The van der Waals surface area contributed by atoms with Gasteiger partial charge >= 0.3 is 5.69 Å². The highest BCUT2D eigenvalue weighted by molar-refractivity contribution is 5.66. The maximum atomic E-state index is 11.2. The monoisotopic (exact) mass is 321 g/mol. The van der Waals surface area contributed by atoms with Crippen molar-refractivity contribution in [2.75, 3.05) is 5.32 Å². The standard InChI is InChI=1S/C16H15N7O/c1-10(15-20-16(24)22-21-15)18-14-9-12(11-5-3-2-4-6-11)19-13-7-8-17-23(13)14/h2-10,18H,1H3,(H2,20,21,22,24)/t10-/m1/s1. The summed E-state index contributed by atoms with van der Waals surface area (Å²) in [5.41, 5.74) is 2.27. The maximum absolute atomic E-state index is 11.2. The maximum Gasteiger partial charge on any atom is 0.340 e. The number of benzene rings is 1. The summed E-state index contributed by atoms with van der Waals surface area (Å²) in [7, 11) is 0. The molecule has 0 amide bonds. The predicted molar refractivity (Wildman–Crippen MR) is 89.7 cm³/mol. The van der Waals surface area contributed by atoms with Gasteiger partial charge in [-0.3, -0.25) is 4.98 Å². The Labute approximate surface area is 136 Å². The van der Waals surface area contributed by atoms with Crippen LogP contribution in [-0.4, -0.2) is 29.8 Å². The van der Waals surface area contributed by atoms with E-state index in [2.05, 4.69) is 30.6 Å². The molecule has 0 saturated heterocycles. The molecule has 3 N–H and O–H groups in total. The average Bonchev–Trinajstić information content (AvgIpc) is 3.24. The van der Waals surface area contributed by atoms with Crippen molar-refractivity contribution in [1.29, 1.82) is 0 Å². The second kappa shape index (κ2) is 5.65. The fourth-order valence-electron chi connectivity index (χ4n) is 2.55. The second-order valence-electron chi connectivity index (χ2n) is 5.42. The zero-order chi connectivity index (χ0) is 16.5. The first-order valence-corrected chi connectivity index (χ1v) is 7.52. The van der Waals surface area contributed by atoms with Gasteiger partial charge in [0.1, 0.15) is 5.82 Å². The normalized spacial score (nSPS) is 12.4. The van der Waals surface area contributed by atoms with E-state index >= 15 is 0 Å². The lowest BCUT2D eigenvalue weighted by Gasteiger charge is -2.14. The minimum atomic E-state index is -0.331. The number of hydrogen-bond acceptors (Lipinski definition) is 5. The summed E-state index contributed by atoms with van der Waals surface area (Å²) in [5, 5.41) is 13.9. The quantitative estimate of drug-likeness (QED) is 0.533. The van der Waals surface area contributed by atoms with E-state index in [1.165, 1.54) is 0 Å². The molecule has 0 radical (unpaired) electrons. The van der Waals surface area contributed by atoms with Gasteiger partial charge in [-0.2, -0.15) is 14.7 Å². The van der Waals surface area contributed by atoms with E-state index in [0.717, 1.165) is 22.7 Å². The zero-order valence-corrected chi connectivity index (χ0v) is 12.9. The molecule has 0 saturated carbocycles. The summed E-state index contributed by atoms with van der Waals surface area (Å²) in [4.78, 5) is 18.5. The molecule has 3 heterocycles. The molecule has 4 aromatic rings. The highest BCUT2D eigenvalue weighted by atomic mass is 16.1. The number of H-pyrrole nitrogens is 2. The number of hydrogen-bond donors (Lipinski definition) is 3. The third-order valence-corrected chi connectivity index (χ3v) is 3.72. The lowest BCUT2D eigenvalue weighted by Crippen LogP contribution is -2.13. The van der Waals surface area contributed by atoms with Gasteiger partial charge in [0.25, 0.3) is 0 Å². The van der Waals surface area contributed by atoms with Gasteiger partial charge in [-0.05, 0) is 6.92 Å². The summed E-state index contributed by atoms with van der Waals surface area (Å²) < 4.78 is 1.72. The predicted octanol–water partition coefficient (Wildman–Crippen LogP) is 1.98. The van der Waals surface area contributed by atoms with Crippen LogP contribution in [-0.2, 0) is 0 Å². The van der Waals surface area contributed by atoms with E-state index in [0.29, 0.717) is 5.82 Å². The summed E-state index contributed by atoms with van der Waals surface area (Å²) in [5.74, 6) is 1.29. The Hall–Kier alpha value is -3.42. The molecule has 4 rings (SSSR count). The number of aromatic nitrogens is 6. The van der Waals surface area contributed by atoms with E-state index in [1.807, 2.05) is 49.4 Å². The van der Waals surface area contributed by atoms with Crippen molar-refractivity contribution in [1.82, 2.24) is 29.8 Å². The SMILES string of the molecule is C[C@@H](Nc1cc(-c2ccccc2)nc2ccnn12)c1n[nH]c(=O)[nH]1. The molecule has 0 spiro atoms. The first kappa shape index (κ1) is 14.2. The Balaban J connectivity index is 1.76. The molecular formula is C16H15N7O. The minimum Gasteiger partial charge on any atom is -0.360 e. The molecule has 1 aromatic carbocycles. The first-order chi connectivity index (χ1) is 11.7. The van der Waals surface area contributed by atoms with Crippen LogP contribution >= 0.6 is 0 Å². The van der Waals surface area contributed by atoms with Crippen LogP contribution in [0.3, 0.4) is 0 Å². The van der Waals surface area contributed by atoms with Gasteiger partial charge in [-0.1, -0.05) is 30.3 Å². The molecule has 0 fully saturated rings. The molecule has 24 heavy (non-hydrogen) atoms. The molecule has 0 aliphatic heterocycles. The van der Waals surface area contributed by atoms with Crippen LogP contribution in [0, 0.1) is 0 Å². The highest BCUT2D eigenvalue weighted by Crippen LogP contribution is 2.24.